The van der Waals surface area contributed by atoms with Crippen LogP contribution in [0.2, 0.25) is 0 Å². The lowest BCUT2D eigenvalue weighted by Gasteiger charge is -2.38. The van der Waals surface area contributed by atoms with Gasteiger partial charge in [0.1, 0.15) is 11.9 Å². The zero-order valence-corrected chi connectivity index (χ0v) is 14.3. The summed E-state index contributed by atoms with van der Waals surface area (Å²) in [4.78, 5) is 0. The van der Waals surface area contributed by atoms with E-state index in [0.29, 0.717) is 12.1 Å². The second kappa shape index (κ2) is 7.31. The molecule has 0 aliphatic heterocycles. The van der Waals surface area contributed by atoms with E-state index in [9.17, 15) is 0 Å². The number of aryl methyl sites for hydroxylation is 2. The van der Waals surface area contributed by atoms with Crippen molar-refractivity contribution in [3.63, 3.8) is 0 Å². The molecule has 118 valence electrons. The number of rotatable bonds is 5. The summed E-state index contributed by atoms with van der Waals surface area (Å²) in [5.41, 5.74) is 2.64. The van der Waals surface area contributed by atoms with Gasteiger partial charge in [0.15, 0.2) is 0 Å². The van der Waals surface area contributed by atoms with Crippen LogP contribution < -0.4 is 10.1 Å². The third kappa shape index (κ3) is 4.23. The van der Waals surface area contributed by atoms with Gasteiger partial charge in [0.25, 0.3) is 0 Å². The van der Waals surface area contributed by atoms with Gasteiger partial charge in [0.05, 0.1) is 0 Å². The van der Waals surface area contributed by atoms with E-state index in [-0.39, 0.29) is 0 Å². The number of hydrogen-bond donors (Lipinski definition) is 1. The fraction of sp³-hybridized carbons (Fsp3) is 0.684. The summed E-state index contributed by atoms with van der Waals surface area (Å²) in [6, 6.07) is 6.95. The summed E-state index contributed by atoms with van der Waals surface area (Å²) >= 11 is 0. The highest BCUT2D eigenvalue weighted by Gasteiger charge is 2.32. The van der Waals surface area contributed by atoms with Gasteiger partial charge in [-0.25, -0.2) is 0 Å². The van der Waals surface area contributed by atoms with Crippen LogP contribution in [0.3, 0.4) is 0 Å². The molecule has 0 heterocycles. The molecule has 2 rings (SSSR count). The van der Waals surface area contributed by atoms with Gasteiger partial charge in [0, 0.05) is 6.04 Å². The Bertz CT molecular complexity index is 455. The lowest BCUT2D eigenvalue weighted by atomic mass is 9.78. The predicted octanol–water partition coefficient (Wildman–Crippen LogP) is 4.49. The van der Waals surface area contributed by atoms with Crippen molar-refractivity contribution in [3.05, 3.63) is 29.3 Å². The smallest absolute Gasteiger partial charge is 0.120 e. The maximum Gasteiger partial charge on any atom is 0.120 e. The zero-order chi connectivity index (χ0) is 15.4. The fourth-order valence-corrected chi connectivity index (χ4v) is 3.35. The number of nitrogens with one attached hydrogen (secondary N) is 1. The lowest BCUT2D eigenvalue weighted by Crippen LogP contribution is -2.47. The molecule has 0 spiro atoms. The molecule has 1 saturated carbocycles. The Hall–Kier alpha value is -1.02. The molecule has 0 radical (unpaired) electrons. The van der Waals surface area contributed by atoms with E-state index in [4.69, 9.17) is 4.74 Å². The van der Waals surface area contributed by atoms with Gasteiger partial charge >= 0.3 is 0 Å². The van der Waals surface area contributed by atoms with E-state index < -0.39 is 0 Å². The predicted molar refractivity (Wildman–Crippen MR) is 90.0 cm³/mol. The highest BCUT2D eigenvalue weighted by molar-refractivity contribution is 5.34. The first-order valence-electron chi connectivity index (χ1n) is 8.48. The Kier molecular flexibility index (Phi) is 5.69. The van der Waals surface area contributed by atoms with Crippen molar-refractivity contribution >= 4 is 0 Å². The first-order valence-corrected chi connectivity index (χ1v) is 8.48. The summed E-state index contributed by atoms with van der Waals surface area (Å²) in [5.74, 6) is 2.56. The Morgan fingerprint density at radius 3 is 2.57 bits per heavy atom. The lowest BCUT2D eigenvalue weighted by molar-refractivity contribution is 0.0725. The average molecular weight is 289 g/mol. The maximum atomic E-state index is 6.37. The summed E-state index contributed by atoms with van der Waals surface area (Å²) in [5, 5.41) is 3.62. The van der Waals surface area contributed by atoms with Crippen molar-refractivity contribution in [2.45, 2.75) is 66.0 Å². The summed E-state index contributed by atoms with van der Waals surface area (Å²) < 4.78 is 6.37. The van der Waals surface area contributed by atoms with Gasteiger partial charge in [-0.15, -0.1) is 0 Å². The highest BCUT2D eigenvalue weighted by Crippen LogP contribution is 2.33. The molecule has 1 aliphatic carbocycles. The quantitative estimate of drug-likeness (QED) is 0.862. The SMILES string of the molecule is CCNC1CCC(C(C)C)CC1Oc1ccc(C)c(C)c1. The minimum absolute atomic E-state index is 0.299. The Labute approximate surface area is 130 Å². The van der Waals surface area contributed by atoms with Gasteiger partial charge in [-0.1, -0.05) is 26.8 Å². The maximum absolute atomic E-state index is 6.37. The van der Waals surface area contributed by atoms with E-state index in [1.54, 1.807) is 0 Å². The molecule has 1 aromatic carbocycles. The number of likely N-dealkylation sites (N-methyl/N-ethyl adjacent to an activating group) is 1. The van der Waals surface area contributed by atoms with Crippen LogP contribution in [0, 0.1) is 25.7 Å². The molecule has 0 amide bonds. The van der Waals surface area contributed by atoms with E-state index >= 15 is 0 Å². The minimum Gasteiger partial charge on any atom is -0.489 e. The topological polar surface area (TPSA) is 21.3 Å². The molecular weight excluding hydrogens is 258 g/mol. The normalized spacial score (nSPS) is 26.1. The summed E-state index contributed by atoms with van der Waals surface area (Å²) in [6.07, 6.45) is 4.02. The van der Waals surface area contributed by atoms with E-state index in [2.05, 4.69) is 58.1 Å². The highest BCUT2D eigenvalue weighted by atomic mass is 16.5. The third-order valence-corrected chi connectivity index (χ3v) is 5.01. The molecule has 1 fully saturated rings. The Morgan fingerprint density at radius 1 is 1.19 bits per heavy atom. The first-order chi connectivity index (χ1) is 10.0. The summed E-state index contributed by atoms with van der Waals surface area (Å²) in [7, 11) is 0. The van der Waals surface area contributed by atoms with Crippen LogP contribution in [0.5, 0.6) is 5.75 Å². The van der Waals surface area contributed by atoms with Crippen molar-refractivity contribution in [2.75, 3.05) is 6.54 Å². The third-order valence-electron chi connectivity index (χ3n) is 5.01. The standard InChI is InChI=1S/C19H31NO/c1-6-20-18-10-8-16(13(2)3)12-19(18)21-17-9-7-14(4)15(5)11-17/h7,9,11,13,16,18-20H,6,8,10,12H2,1-5H3. The van der Waals surface area contributed by atoms with Crippen molar-refractivity contribution in [2.24, 2.45) is 11.8 Å². The van der Waals surface area contributed by atoms with Gasteiger partial charge in [-0.2, -0.15) is 0 Å². The monoisotopic (exact) mass is 289 g/mol. The molecule has 1 aliphatic rings. The van der Waals surface area contributed by atoms with E-state index in [0.717, 1.165) is 24.1 Å². The molecule has 0 saturated heterocycles. The van der Waals surface area contributed by atoms with E-state index in [1.165, 1.54) is 30.4 Å². The molecule has 2 heteroatoms. The molecule has 2 nitrogen and oxygen atoms in total. The van der Waals surface area contributed by atoms with Gasteiger partial charge in [-0.3, -0.25) is 0 Å². The van der Waals surface area contributed by atoms with Crippen molar-refractivity contribution in [3.8, 4) is 5.75 Å². The number of ether oxygens (including phenoxy) is 1. The van der Waals surface area contributed by atoms with Crippen LogP contribution in [0.1, 0.15) is 51.2 Å². The molecule has 21 heavy (non-hydrogen) atoms. The molecule has 3 unspecified atom stereocenters. The van der Waals surface area contributed by atoms with Gasteiger partial charge < -0.3 is 10.1 Å². The van der Waals surface area contributed by atoms with Gasteiger partial charge in [-0.05, 0) is 74.8 Å². The number of benzene rings is 1. The Balaban J connectivity index is 2.09. The average Bonchev–Trinajstić information content (AvgIpc) is 2.45. The second-order valence-electron chi connectivity index (χ2n) is 6.88. The molecule has 1 aromatic rings. The summed E-state index contributed by atoms with van der Waals surface area (Å²) in [6.45, 7) is 12.2. The fourth-order valence-electron chi connectivity index (χ4n) is 3.35. The van der Waals surface area contributed by atoms with E-state index in [1.807, 2.05) is 0 Å². The zero-order valence-electron chi connectivity index (χ0n) is 14.3. The minimum atomic E-state index is 0.299. The van der Waals surface area contributed by atoms with Crippen LogP contribution in [0.15, 0.2) is 18.2 Å². The van der Waals surface area contributed by atoms with Crippen LogP contribution in [-0.2, 0) is 0 Å². The molecular formula is C19H31NO. The molecule has 0 bridgehead atoms. The van der Waals surface area contributed by atoms with Gasteiger partial charge in [0.2, 0.25) is 0 Å². The largest absolute Gasteiger partial charge is 0.489 e. The van der Waals surface area contributed by atoms with Crippen LogP contribution >= 0.6 is 0 Å². The Morgan fingerprint density at radius 2 is 1.95 bits per heavy atom. The van der Waals surface area contributed by atoms with Crippen molar-refractivity contribution in [1.29, 1.82) is 0 Å². The molecule has 1 N–H and O–H groups in total. The number of hydrogen-bond acceptors (Lipinski definition) is 2. The van der Waals surface area contributed by atoms with Crippen molar-refractivity contribution in [1.82, 2.24) is 5.32 Å². The van der Waals surface area contributed by atoms with Crippen LogP contribution in [-0.4, -0.2) is 18.7 Å². The second-order valence-corrected chi connectivity index (χ2v) is 6.88. The molecule has 0 aromatic heterocycles. The van der Waals surface area contributed by atoms with Crippen LogP contribution in [0.4, 0.5) is 0 Å². The van der Waals surface area contributed by atoms with Crippen molar-refractivity contribution < 1.29 is 4.74 Å². The molecule has 3 atom stereocenters. The first kappa shape index (κ1) is 16.4. The van der Waals surface area contributed by atoms with Crippen LogP contribution in [0.25, 0.3) is 0 Å².